The van der Waals surface area contributed by atoms with Crippen LogP contribution in [-0.2, 0) is 6.54 Å². The summed E-state index contributed by atoms with van der Waals surface area (Å²) in [6, 6.07) is 3.73. The molecule has 0 bridgehead atoms. The number of hydrogen-bond donors (Lipinski definition) is 2. The van der Waals surface area contributed by atoms with Gasteiger partial charge in [0.15, 0.2) is 11.5 Å². The van der Waals surface area contributed by atoms with Gasteiger partial charge in [-0.15, -0.1) is 0 Å². The lowest BCUT2D eigenvalue weighted by molar-refractivity contribution is 0.191. The van der Waals surface area contributed by atoms with Gasteiger partial charge in [-0.25, -0.2) is 0 Å². The summed E-state index contributed by atoms with van der Waals surface area (Å²) in [5.41, 5.74) is 0.985. The van der Waals surface area contributed by atoms with Gasteiger partial charge in [0.05, 0.1) is 24.3 Å². The van der Waals surface area contributed by atoms with Crippen molar-refractivity contribution in [3.05, 3.63) is 22.7 Å². The fourth-order valence-corrected chi connectivity index (χ4v) is 1.93. The number of aliphatic hydroxyl groups excluding tert-OH is 1. The highest BCUT2D eigenvalue weighted by atomic mass is 35.5. The van der Waals surface area contributed by atoms with Gasteiger partial charge in [0, 0.05) is 13.1 Å². The number of rotatable bonds is 7. The highest BCUT2D eigenvalue weighted by molar-refractivity contribution is 6.32. The molecule has 1 aromatic carbocycles. The van der Waals surface area contributed by atoms with Crippen LogP contribution in [0.15, 0.2) is 12.1 Å². The zero-order valence-corrected chi connectivity index (χ0v) is 12.6. The van der Waals surface area contributed by atoms with Crippen molar-refractivity contribution in [1.82, 2.24) is 5.32 Å². The first-order valence-corrected chi connectivity index (χ1v) is 6.73. The Balaban J connectivity index is 2.83. The zero-order valence-electron chi connectivity index (χ0n) is 11.9. The summed E-state index contributed by atoms with van der Waals surface area (Å²) in [5, 5.41) is 12.9. The van der Waals surface area contributed by atoms with Crippen molar-refractivity contribution in [1.29, 1.82) is 0 Å². The number of aliphatic hydroxyl groups is 1. The summed E-state index contributed by atoms with van der Waals surface area (Å²) >= 11 is 6.22. The first kappa shape index (κ1) is 16.1. The summed E-state index contributed by atoms with van der Waals surface area (Å²) < 4.78 is 11.0. The van der Waals surface area contributed by atoms with Gasteiger partial charge in [-0.1, -0.05) is 11.6 Å². The molecule has 0 aromatic heterocycles. The number of hydrogen-bond acceptors (Lipinski definition) is 4. The van der Waals surface area contributed by atoms with Crippen LogP contribution < -0.4 is 14.8 Å². The van der Waals surface area contributed by atoms with Gasteiger partial charge in [-0.2, -0.15) is 0 Å². The van der Waals surface area contributed by atoms with E-state index in [9.17, 15) is 5.11 Å². The van der Waals surface area contributed by atoms with E-state index in [2.05, 4.69) is 5.32 Å². The summed E-state index contributed by atoms with van der Waals surface area (Å²) in [6.45, 7) is 6.76. The third-order valence-electron chi connectivity index (χ3n) is 2.41. The molecule has 0 aliphatic carbocycles. The highest BCUT2D eigenvalue weighted by Crippen LogP contribution is 2.37. The molecule has 108 valence electrons. The van der Waals surface area contributed by atoms with E-state index < -0.39 is 0 Å². The Kier molecular flexibility index (Phi) is 6.42. The van der Waals surface area contributed by atoms with Crippen molar-refractivity contribution in [2.75, 3.05) is 13.7 Å². The van der Waals surface area contributed by atoms with Crippen molar-refractivity contribution in [3.8, 4) is 11.5 Å². The first-order valence-electron chi connectivity index (χ1n) is 6.36. The van der Waals surface area contributed by atoms with Crippen molar-refractivity contribution in [2.45, 2.75) is 39.5 Å². The molecule has 0 saturated heterocycles. The third-order valence-corrected chi connectivity index (χ3v) is 2.69. The fraction of sp³-hybridized carbons (Fsp3) is 0.571. The number of halogens is 1. The normalized spacial score (nSPS) is 12.6. The van der Waals surface area contributed by atoms with E-state index in [1.165, 1.54) is 0 Å². The minimum Gasteiger partial charge on any atom is -0.493 e. The van der Waals surface area contributed by atoms with Crippen molar-refractivity contribution in [3.63, 3.8) is 0 Å². The number of ether oxygens (including phenoxy) is 2. The lowest BCUT2D eigenvalue weighted by Gasteiger charge is -2.16. The van der Waals surface area contributed by atoms with Crippen LogP contribution in [0, 0.1) is 0 Å². The number of nitrogens with one attached hydrogen (secondary N) is 1. The third kappa shape index (κ3) is 5.27. The SMILES string of the molecule is COc1cc(CNC[C@H](C)O)cc(Cl)c1OC(C)C. The summed E-state index contributed by atoms with van der Waals surface area (Å²) in [6.07, 6.45) is -0.341. The monoisotopic (exact) mass is 287 g/mol. The second-order valence-corrected chi connectivity index (χ2v) is 5.16. The Hall–Kier alpha value is -0.970. The molecule has 0 fully saturated rings. The van der Waals surface area contributed by atoms with Crippen LogP contribution >= 0.6 is 11.6 Å². The molecular formula is C14H22ClNO3. The van der Waals surface area contributed by atoms with Crippen LogP contribution in [0.25, 0.3) is 0 Å². The maximum atomic E-state index is 9.20. The van der Waals surface area contributed by atoms with Crippen LogP contribution in [0.5, 0.6) is 11.5 Å². The Morgan fingerprint density at radius 3 is 2.53 bits per heavy atom. The molecule has 1 rings (SSSR count). The van der Waals surface area contributed by atoms with Crippen molar-refractivity contribution in [2.24, 2.45) is 0 Å². The molecule has 1 atom stereocenters. The molecule has 0 aliphatic rings. The Labute approximate surface area is 119 Å². The number of benzene rings is 1. The largest absolute Gasteiger partial charge is 0.493 e. The predicted molar refractivity (Wildman–Crippen MR) is 77.2 cm³/mol. The molecule has 5 heteroatoms. The van der Waals surface area contributed by atoms with Gasteiger partial charge in [0.25, 0.3) is 0 Å². The molecule has 0 unspecified atom stereocenters. The minimum atomic E-state index is -0.374. The minimum absolute atomic E-state index is 0.0330. The Bertz CT molecular complexity index is 408. The zero-order chi connectivity index (χ0) is 14.4. The van der Waals surface area contributed by atoms with Crippen molar-refractivity contribution < 1.29 is 14.6 Å². The standard InChI is InChI=1S/C14H22ClNO3/c1-9(2)19-14-12(15)5-11(6-13(14)18-4)8-16-7-10(3)17/h5-6,9-10,16-17H,7-8H2,1-4H3/t10-/m0/s1. The van der Waals surface area contributed by atoms with Gasteiger partial charge >= 0.3 is 0 Å². The van der Waals surface area contributed by atoms with Gasteiger partial charge in [-0.05, 0) is 38.5 Å². The van der Waals surface area contributed by atoms with Crippen LogP contribution in [0.2, 0.25) is 5.02 Å². The van der Waals surface area contributed by atoms with Crippen LogP contribution in [0.4, 0.5) is 0 Å². The average molecular weight is 288 g/mol. The summed E-state index contributed by atoms with van der Waals surface area (Å²) in [5.74, 6) is 1.19. The van der Waals surface area contributed by atoms with Gasteiger partial charge in [0.1, 0.15) is 0 Å². The molecule has 0 radical (unpaired) electrons. The van der Waals surface area contributed by atoms with Crippen molar-refractivity contribution >= 4 is 11.6 Å². The smallest absolute Gasteiger partial charge is 0.180 e. The van der Waals surface area contributed by atoms with Crippen LogP contribution in [-0.4, -0.2) is 31.0 Å². The molecule has 0 amide bonds. The average Bonchev–Trinajstić information content (AvgIpc) is 2.31. The quantitative estimate of drug-likeness (QED) is 0.809. The van der Waals surface area contributed by atoms with E-state index in [4.69, 9.17) is 21.1 Å². The summed E-state index contributed by atoms with van der Waals surface area (Å²) in [4.78, 5) is 0. The topological polar surface area (TPSA) is 50.7 Å². The van der Waals surface area contributed by atoms with Gasteiger partial charge in [0.2, 0.25) is 0 Å². The lowest BCUT2D eigenvalue weighted by atomic mass is 10.2. The first-order chi connectivity index (χ1) is 8.93. The molecule has 1 aromatic rings. The lowest BCUT2D eigenvalue weighted by Crippen LogP contribution is -2.23. The maximum Gasteiger partial charge on any atom is 0.180 e. The molecule has 0 saturated carbocycles. The number of methoxy groups -OCH3 is 1. The summed E-state index contributed by atoms with van der Waals surface area (Å²) in [7, 11) is 1.59. The highest BCUT2D eigenvalue weighted by Gasteiger charge is 2.13. The second kappa shape index (κ2) is 7.58. The van der Waals surface area contributed by atoms with E-state index in [1.54, 1.807) is 14.0 Å². The molecule has 0 heterocycles. The van der Waals surface area contributed by atoms with E-state index in [0.29, 0.717) is 29.6 Å². The van der Waals surface area contributed by atoms with E-state index in [-0.39, 0.29) is 12.2 Å². The Morgan fingerprint density at radius 2 is 2.00 bits per heavy atom. The van der Waals surface area contributed by atoms with Gasteiger partial charge in [-0.3, -0.25) is 0 Å². The molecule has 2 N–H and O–H groups in total. The molecular weight excluding hydrogens is 266 g/mol. The Morgan fingerprint density at radius 1 is 1.32 bits per heavy atom. The molecule has 4 nitrogen and oxygen atoms in total. The van der Waals surface area contributed by atoms with E-state index in [0.717, 1.165) is 5.56 Å². The predicted octanol–water partition coefficient (Wildman–Crippen LogP) is 2.61. The molecule has 0 spiro atoms. The molecule has 19 heavy (non-hydrogen) atoms. The van der Waals surface area contributed by atoms with Crippen LogP contribution in [0.1, 0.15) is 26.3 Å². The van der Waals surface area contributed by atoms with Gasteiger partial charge < -0.3 is 19.9 Å². The van der Waals surface area contributed by atoms with Crippen LogP contribution in [0.3, 0.4) is 0 Å². The second-order valence-electron chi connectivity index (χ2n) is 4.76. The molecule has 0 aliphatic heterocycles. The maximum absolute atomic E-state index is 9.20. The van der Waals surface area contributed by atoms with E-state index >= 15 is 0 Å². The fourth-order valence-electron chi connectivity index (χ4n) is 1.65. The van der Waals surface area contributed by atoms with E-state index in [1.807, 2.05) is 26.0 Å².